The van der Waals surface area contributed by atoms with Gasteiger partial charge < -0.3 is 18.9 Å². The zero-order valence-corrected chi connectivity index (χ0v) is 12.3. The number of hydrogen-bond donors (Lipinski definition) is 0. The zero-order chi connectivity index (χ0) is 14.1. The highest BCUT2D eigenvalue weighted by atomic mass is 16.8. The van der Waals surface area contributed by atoms with Gasteiger partial charge in [-0.25, -0.2) is 0 Å². The molecule has 0 amide bonds. The summed E-state index contributed by atoms with van der Waals surface area (Å²) in [6, 6.07) is 0. The van der Waals surface area contributed by atoms with Crippen molar-refractivity contribution in [2.45, 2.75) is 57.0 Å². The molecule has 3 rings (SSSR count). The van der Waals surface area contributed by atoms with Crippen molar-refractivity contribution >= 4 is 0 Å². The van der Waals surface area contributed by atoms with Gasteiger partial charge in [0.15, 0.2) is 11.6 Å². The van der Waals surface area contributed by atoms with E-state index in [0.29, 0.717) is 26.4 Å². The van der Waals surface area contributed by atoms with E-state index < -0.39 is 11.6 Å². The van der Waals surface area contributed by atoms with E-state index in [9.17, 15) is 0 Å². The minimum absolute atomic E-state index is 0.262. The predicted molar refractivity (Wildman–Crippen MR) is 73.9 cm³/mol. The fourth-order valence-electron chi connectivity index (χ4n) is 4.09. The van der Waals surface area contributed by atoms with Crippen LogP contribution in [0.1, 0.15) is 45.4 Å². The fraction of sp³-hybridized carbons (Fsp3) is 0.875. The van der Waals surface area contributed by atoms with Gasteiger partial charge in [0.2, 0.25) is 0 Å². The first-order valence-corrected chi connectivity index (χ1v) is 7.67. The quantitative estimate of drug-likeness (QED) is 0.585. The number of unbranched alkanes of at least 4 members (excludes halogenated alkanes) is 2. The molecule has 0 aromatic heterocycles. The van der Waals surface area contributed by atoms with Gasteiger partial charge in [-0.1, -0.05) is 6.42 Å². The lowest BCUT2D eigenvalue weighted by atomic mass is 9.74. The van der Waals surface area contributed by atoms with Crippen LogP contribution in [0.5, 0.6) is 0 Å². The summed E-state index contributed by atoms with van der Waals surface area (Å²) in [6.45, 7) is 4.85. The Bertz CT molecular complexity index is 362. The SMILES string of the molecule is C#CCCCCC1(C)C2(CCC13OCCO3)OCCO2. The van der Waals surface area contributed by atoms with Crippen molar-refractivity contribution < 1.29 is 18.9 Å². The van der Waals surface area contributed by atoms with Crippen LogP contribution >= 0.6 is 0 Å². The Morgan fingerprint density at radius 1 is 0.900 bits per heavy atom. The van der Waals surface area contributed by atoms with Crippen LogP contribution in [0, 0.1) is 17.8 Å². The second-order valence-corrected chi connectivity index (χ2v) is 6.14. The Balaban J connectivity index is 1.81. The predicted octanol–water partition coefficient (Wildman–Crippen LogP) is 2.47. The van der Waals surface area contributed by atoms with Crippen LogP contribution in [-0.4, -0.2) is 38.0 Å². The molecular weight excluding hydrogens is 256 g/mol. The number of rotatable bonds is 4. The molecule has 4 heteroatoms. The van der Waals surface area contributed by atoms with Crippen LogP contribution in [0.15, 0.2) is 0 Å². The maximum atomic E-state index is 6.04. The van der Waals surface area contributed by atoms with Crippen LogP contribution in [0.2, 0.25) is 0 Å². The van der Waals surface area contributed by atoms with Crippen molar-refractivity contribution in [1.29, 1.82) is 0 Å². The average Bonchev–Trinajstić information content (AvgIpc) is 3.15. The lowest BCUT2D eigenvalue weighted by Gasteiger charge is -2.46. The van der Waals surface area contributed by atoms with E-state index in [1.807, 2.05) is 0 Å². The lowest BCUT2D eigenvalue weighted by Crippen LogP contribution is -2.55. The second kappa shape index (κ2) is 5.31. The van der Waals surface area contributed by atoms with Gasteiger partial charge in [0.05, 0.1) is 31.8 Å². The van der Waals surface area contributed by atoms with Gasteiger partial charge in [-0.05, 0) is 19.8 Å². The Morgan fingerprint density at radius 2 is 1.40 bits per heavy atom. The largest absolute Gasteiger partial charge is 0.347 e. The second-order valence-electron chi connectivity index (χ2n) is 6.14. The maximum Gasteiger partial charge on any atom is 0.179 e. The third-order valence-corrected chi connectivity index (χ3v) is 5.22. The summed E-state index contributed by atoms with van der Waals surface area (Å²) < 4.78 is 24.2. The molecule has 0 bridgehead atoms. The number of ether oxygens (including phenoxy) is 4. The van der Waals surface area contributed by atoms with Crippen LogP contribution in [0.25, 0.3) is 0 Å². The first kappa shape index (κ1) is 14.3. The summed E-state index contributed by atoms with van der Waals surface area (Å²) in [5.41, 5.74) is -0.262. The number of hydrogen-bond acceptors (Lipinski definition) is 4. The minimum Gasteiger partial charge on any atom is -0.347 e. The maximum absolute atomic E-state index is 6.04. The third kappa shape index (κ3) is 1.92. The molecule has 0 N–H and O–H groups in total. The Labute approximate surface area is 121 Å². The van der Waals surface area contributed by atoms with Crippen molar-refractivity contribution in [1.82, 2.24) is 0 Å². The monoisotopic (exact) mass is 280 g/mol. The summed E-state index contributed by atoms with van der Waals surface area (Å²) in [4.78, 5) is 0. The zero-order valence-electron chi connectivity index (χ0n) is 12.3. The molecular formula is C16H24O4. The van der Waals surface area contributed by atoms with E-state index in [0.717, 1.165) is 38.5 Å². The molecule has 1 aliphatic carbocycles. The van der Waals surface area contributed by atoms with Crippen LogP contribution < -0.4 is 0 Å². The highest BCUT2D eigenvalue weighted by Crippen LogP contribution is 2.62. The van der Waals surface area contributed by atoms with Crippen LogP contribution in [-0.2, 0) is 18.9 Å². The van der Waals surface area contributed by atoms with Gasteiger partial charge in [0, 0.05) is 19.3 Å². The molecule has 4 nitrogen and oxygen atoms in total. The summed E-state index contributed by atoms with van der Waals surface area (Å²) in [5.74, 6) is 1.63. The average molecular weight is 280 g/mol. The van der Waals surface area contributed by atoms with Crippen LogP contribution in [0.3, 0.4) is 0 Å². The van der Waals surface area contributed by atoms with Crippen molar-refractivity contribution in [3.63, 3.8) is 0 Å². The topological polar surface area (TPSA) is 36.9 Å². The molecule has 0 aromatic rings. The first-order valence-electron chi connectivity index (χ1n) is 7.67. The van der Waals surface area contributed by atoms with Crippen molar-refractivity contribution in [2.75, 3.05) is 26.4 Å². The molecule has 0 aromatic carbocycles. The Morgan fingerprint density at radius 3 is 1.85 bits per heavy atom. The van der Waals surface area contributed by atoms with Crippen molar-refractivity contribution in [2.24, 2.45) is 5.41 Å². The third-order valence-electron chi connectivity index (χ3n) is 5.22. The van der Waals surface area contributed by atoms with E-state index in [4.69, 9.17) is 25.4 Å². The molecule has 0 radical (unpaired) electrons. The molecule has 3 fully saturated rings. The van der Waals surface area contributed by atoms with E-state index in [1.165, 1.54) is 0 Å². The van der Waals surface area contributed by atoms with Crippen molar-refractivity contribution in [3.05, 3.63) is 0 Å². The van der Waals surface area contributed by atoms with Gasteiger partial charge in [0.1, 0.15) is 0 Å². The highest BCUT2D eigenvalue weighted by Gasteiger charge is 2.70. The van der Waals surface area contributed by atoms with Crippen molar-refractivity contribution in [3.8, 4) is 12.3 Å². The van der Waals surface area contributed by atoms with E-state index >= 15 is 0 Å². The lowest BCUT2D eigenvalue weighted by molar-refractivity contribution is -0.302. The highest BCUT2D eigenvalue weighted by molar-refractivity contribution is 5.10. The molecule has 0 atom stereocenters. The minimum atomic E-state index is -0.534. The van der Waals surface area contributed by atoms with E-state index in [1.54, 1.807) is 0 Å². The smallest absolute Gasteiger partial charge is 0.179 e. The molecule has 1 saturated carbocycles. The summed E-state index contributed by atoms with van der Waals surface area (Å²) in [5, 5.41) is 0. The molecule has 2 saturated heterocycles. The van der Waals surface area contributed by atoms with Gasteiger partial charge >= 0.3 is 0 Å². The molecule has 2 heterocycles. The summed E-state index contributed by atoms with van der Waals surface area (Å²) >= 11 is 0. The molecule has 112 valence electrons. The molecule has 0 unspecified atom stereocenters. The van der Waals surface area contributed by atoms with Crippen LogP contribution in [0.4, 0.5) is 0 Å². The molecule has 2 spiro atoms. The molecule has 3 aliphatic rings. The van der Waals surface area contributed by atoms with E-state index in [2.05, 4.69) is 12.8 Å². The number of terminal acetylenes is 1. The Kier molecular flexibility index (Phi) is 3.81. The van der Waals surface area contributed by atoms with E-state index in [-0.39, 0.29) is 5.41 Å². The normalized spacial score (nSPS) is 29.2. The molecule has 20 heavy (non-hydrogen) atoms. The fourth-order valence-corrected chi connectivity index (χ4v) is 4.09. The summed E-state index contributed by atoms with van der Waals surface area (Å²) in [7, 11) is 0. The van der Waals surface area contributed by atoms with Gasteiger partial charge in [-0.2, -0.15) is 0 Å². The standard InChI is InChI=1S/C16H24O4/c1-3-4-5-6-7-14(2)15(17-10-11-18-15)8-9-16(14)19-12-13-20-16/h1H,4-13H2,2H3. The van der Waals surface area contributed by atoms with Gasteiger partial charge in [-0.15, -0.1) is 12.3 Å². The summed E-state index contributed by atoms with van der Waals surface area (Å²) in [6.07, 6.45) is 10.9. The first-order chi connectivity index (χ1) is 9.68. The molecule has 2 aliphatic heterocycles. The van der Waals surface area contributed by atoms with Gasteiger partial charge in [0.25, 0.3) is 0 Å². The van der Waals surface area contributed by atoms with Gasteiger partial charge in [-0.3, -0.25) is 0 Å². The Hall–Kier alpha value is -0.600.